The van der Waals surface area contributed by atoms with Crippen LogP contribution in [0.2, 0.25) is 0 Å². The number of ketones is 2. The third kappa shape index (κ3) is 7.27. The van der Waals surface area contributed by atoms with E-state index in [2.05, 4.69) is 5.32 Å². The number of phenols is 1. The number of halogens is 2. The number of hydrogen-bond donors (Lipinski definition) is 9. The van der Waals surface area contributed by atoms with Crippen molar-refractivity contribution in [3.63, 3.8) is 0 Å². The Labute approximate surface area is 313 Å². The number of hydrogen-bond acceptors (Lipinski definition) is 14. The molecular formula is C34H39Cl2N3O13S. The number of sulfone groups is 1. The fraction of sp³-hybridized carbons (Fsp3) is 0.412. The highest BCUT2D eigenvalue weighted by Crippen LogP contribution is 2.57. The van der Waals surface area contributed by atoms with Crippen LogP contribution < -0.4 is 11.1 Å². The van der Waals surface area contributed by atoms with Crippen molar-refractivity contribution in [2.24, 2.45) is 17.6 Å². The maximum atomic E-state index is 13.7. The normalized spacial score (nSPS) is 26.6. The highest BCUT2D eigenvalue weighted by Gasteiger charge is 2.66. The molecule has 0 spiro atoms. The largest absolute Gasteiger partial charge is 0.508 e. The average Bonchev–Trinajstić information content (AvgIpc) is 3.06. The number of aliphatic hydroxyl groups excluding tert-OH is 4. The molecule has 0 aromatic heterocycles. The second-order valence-electron chi connectivity index (χ2n) is 13.3. The summed E-state index contributed by atoms with van der Waals surface area (Å²) in [5, 5.41) is 76.5. The number of carbonyl (C=O) groups is 4. The molecule has 3 aliphatic carbocycles. The lowest BCUT2D eigenvalue weighted by Gasteiger charge is -2.53. The number of primary amides is 1. The Hall–Kier alpha value is -4.07. The fourth-order valence-corrected chi connectivity index (χ4v) is 7.87. The zero-order valence-corrected chi connectivity index (χ0v) is 31.0. The Balaban J connectivity index is 0.000000260. The van der Waals surface area contributed by atoms with Gasteiger partial charge in [0.05, 0.1) is 34.8 Å². The molecule has 0 radical (unpaired) electrons. The Bertz CT molecular complexity index is 2010. The quantitative estimate of drug-likeness (QED) is 0.126. The molecule has 0 aliphatic heterocycles. The third-order valence-electron chi connectivity index (χ3n) is 9.77. The van der Waals surface area contributed by atoms with Crippen molar-refractivity contribution in [3.8, 4) is 5.75 Å². The second-order valence-corrected chi connectivity index (χ2v) is 16.5. The first kappa shape index (κ1) is 41.7. The van der Waals surface area contributed by atoms with Gasteiger partial charge in [-0.15, -0.1) is 0 Å². The highest BCUT2D eigenvalue weighted by atomic mass is 35.5. The number of aromatic hydroxyl groups is 1. The summed E-state index contributed by atoms with van der Waals surface area (Å²) < 4.78 is 22.7. The zero-order valence-electron chi connectivity index (χ0n) is 28.7. The van der Waals surface area contributed by atoms with Crippen LogP contribution in [0, 0.1) is 11.8 Å². The number of Topliss-reactive ketones (excluding diaryl/α,β-unsaturated/α-hetero) is 2. The molecule has 0 bridgehead atoms. The van der Waals surface area contributed by atoms with Crippen LogP contribution in [-0.2, 0) is 34.6 Å². The molecule has 16 nitrogen and oxygen atoms in total. The SMILES string of the molecule is CN(C)[C@@H]1C(=O)C(C(N)=O)=C(O)[C@@]2(O)C(=O)C3=C(O)c4c(O)cccc4[C@@](C)(O)[C@H]3C[C@@H]12.CS(=O)(=O)c1ccc([C@@H](O)[C@@H](CO)NC(=O)C(Cl)Cl)cc1. The van der Waals surface area contributed by atoms with Crippen LogP contribution in [0.3, 0.4) is 0 Å². The molecule has 19 heteroatoms. The first-order chi connectivity index (χ1) is 24.4. The summed E-state index contributed by atoms with van der Waals surface area (Å²) in [5.74, 6) is -8.64. The number of carbonyl (C=O) groups excluding carboxylic acids is 4. The van der Waals surface area contributed by atoms with Gasteiger partial charge in [0.1, 0.15) is 28.9 Å². The van der Waals surface area contributed by atoms with Gasteiger partial charge in [0.2, 0.25) is 5.78 Å². The average molecular weight is 801 g/mol. The second kappa shape index (κ2) is 15.0. The summed E-state index contributed by atoms with van der Waals surface area (Å²) in [6.45, 7) is 0.862. The van der Waals surface area contributed by atoms with Crippen LogP contribution >= 0.6 is 23.2 Å². The summed E-state index contributed by atoms with van der Waals surface area (Å²) >= 11 is 10.7. The molecule has 3 aliphatic rings. The minimum absolute atomic E-state index is 0.101. The summed E-state index contributed by atoms with van der Waals surface area (Å²) in [4.78, 5) is 50.1. The first-order valence-corrected chi connectivity index (χ1v) is 18.6. The van der Waals surface area contributed by atoms with Gasteiger partial charge in [-0.25, -0.2) is 8.42 Å². The van der Waals surface area contributed by atoms with Crippen molar-refractivity contribution in [1.82, 2.24) is 10.2 Å². The van der Waals surface area contributed by atoms with Gasteiger partial charge in [-0.3, -0.25) is 24.1 Å². The number of nitrogens with two attached hydrogens (primary N) is 1. The van der Waals surface area contributed by atoms with Crippen molar-refractivity contribution >= 4 is 62.2 Å². The predicted octanol–water partition coefficient (Wildman–Crippen LogP) is 0.0333. The molecule has 1 fully saturated rings. The van der Waals surface area contributed by atoms with Crippen molar-refractivity contribution in [1.29, 1.82) is 0 Å². The summed E-state index contributed by atoms with van der Waals surface area (Å²) in [6, 6.07) is 7.46. The zero-order chi connectivity index (χ0) is 40.1. The number of benzene rings is 2. The summed E-state index contributed by atoms with van der Waals surface area (Å²) in [7, 11) is -0.330. The fourth-order valence-electron chi connectivity index (χ4n) is 7.12. The Morgan fingerprint density at radius 1 is 1.06 bits per heavy atom. The molecule has 53 heavy (non-hydrogen) atoms. The van der Waals surface area contributed by atoms with Crippen LogP contribution in [0.1, 0.15) is 36.1 Å². The van der Waals surface area contributed by atoms with E-state index in [0.29, 0.717) is 5.56 Å². The van der Waals surface area contributed by atoms with Crippen molar-refractivity contribution in [2.45, 2.75) is 52.5 Å². The van der Waals surface area contributed by atoms with E-state index < -0.39 is 114 Å². The van der Waals surface area contributed by atoms with Crippen LogP contribution in [0.4, 0.5) is 0 Å². The number of phenolic OH excluding ortho intramolecular Hbond substituents is 1. The molecule has 1 saturated carbocycles. The Kier molecular flexibility index (Phi) is 11.8. The van der Waals surface area contributed by atoms with E-state index in [-0.39, 0.29) is 22.4 Å². The van der Waals surface area contributed by atoms with E-state index >= 15 is 0 Å². The molecule has 0 heterocycles. The molecule has 2 aromatic carbocycles. The van der Waals surface area contributed by atoms with Crippen LogP contribution in [-0.4, -0.2) is 122 Å². The van der Waals surface area contributed by atoms with Gasteiger partial charge in [0.15, 0.2) is 26.1 Å². The number of nitrogens with zero attached hydrogens (tertiary/aromatic N) is 1. The maximum absolute atomic E-state index is 13.7. The smallest absolute Gasteiger partial charge is 0.255 e. The van der Waals surface area contributed by atoms with Gasteiger partial charge in [-0.1, -0.05) is 47.5 Å². The van der Waals surface area contributed by atoms with Gasteiger partial charge in [-0.2, -0.15) is 0 Å². The maximum Gasteiger partial charge on any atom is 0.255 e. The van der Waals surface area contributed by atoms with Gasteiger partial charge in [-0.05, 0) is 56.8 Å². The van der Waals surface area contributed by atoms with E-state index in [1.807, 2.05) is 0 Å². The number of fused-ring (bicyclic) bond motifs is 3. The standard InChI is InChI=1S/C22H24N2O8.C12H15Cl2NO5S/c1-21(31)8-5-4-6-11(25)12(8)16(26)13-9(21)7-10-15(24(2)3)17(27)14(20(23)30)19(29)22(10,32)18(13)28;1-21(19,20)8-4-2-7(3-5-8)10(17)9(6-16)15-12(18)11(13)14/h4-6,9-10,15,25-26,29,31-32H,7H2,1-3H3,(H2,23,30);2-5,9-11,16-17H,6H2,1H3,(H,15,18)/t9-,10-,15-,21+,22-;9-,10-/m01/s1. The first-order valence-electron chi connectivity index (χ1n) is 15.8. The van der Waals surface area contributed by atoms with Crippen LogP contribution in [0.25, 0.3) is 5.76 Å². The molecule has 0 unspecified atom stereocenters. The van der Waals surface area contributed by atoms with Crippen molar-refractivity contribution in [3.05, 3.63) is 76.1 Å². The highest BCUT2D eigenvalue weighted by molar-refractivity contribution is 7.90. The molecule has 2 aromatic rings. The van der Waals surface area contributed by atoms with Crippen molar-refractivity contribution in [2.75, 3.05) is 27.0 Å². The lowest BCUT2D eigenvalue weighted by Crippen LogP contribution is -2.67. The van der Waals surface area contributed by atoms with E-state index in [1.165, 1.54) is 68.4 Å². The third-order valence-corrected chi connectivity index (χ3v) is 11.3. The molecule has 5 rings (SSSR count). The number of likely N-dealkylation sites (N-methyl/N-ethyl adjacent to an activating group) is 1. The lowest BCUT2D eigenvalue weighted by molar-refractivity contribution is -0.159. The van der Waals surface area contributed by atoms with E-state index in [0.717, 1.165) is 6.26 Å². The number of amides is 2. The topological polar surface area (TPSA) is 285 Å². The van der Waals surface area contributed by atoms with Crippen molar-refractivity contribution < 1.29 is 63.3 Å². The molecule has 0 saturated heterocycles. The molecule has 10 N–H and O–H groups in total. The number of nitrogens with one attached hydrogen (secondary N) is 1. The van der Waals surface area contributed by atoms with Gasteiger partial charge < -0.3 is 46.8 Å². The van der Waals surface area contributed by atoms with E-state index in [9.17, 15) is 63.3 Å². The van der Waals surface area contributed by atoms with Crippen LogP contribution in [0.15, 0.2) is 64.3 Å². The molecular weight excluding hydrogens is 761 g/mol. The van der Waals surface area contributed by atoms with E-state index in [4.69, 9.17) is 28.9 Å². The Morgan fingerprint density at radius 3 is 2.13 bits per heavy atom. The molecule has 7 atom stereocenters. The Morgan fingerprint density at radius 2 is 1.64 bits per heavy atom. The minimum Gasteiger partial charge on any atom is -0.508 e. The molecule has 288 valence electrons. The predicted molar refractivity (Wildman–Crippen MR) is 189 cm³/mol. The summed E-state index contributed by atoms with van der Waals surface area (Å²) in [6.07, 6.45) is -0.371. The van der Waals surface area contributed by atoms with Gasteiger partial charge >= 0.3 is 0 Å². The molecule has 2 amide bonds. The van der Waals surface area contributed by atoms with E-state index in [1.54, 1.807) is 0 Å². The number of aliphatic hydroxyl groups is 6. The lowest BCUT2D eigenvalue weighted by atomic mass is 9.54. The number of rotatable bonds is 8. The van der Waals surface area contributed by atoms with Gasteiger partial charge in [0.25, 0.3) is 11.8 Å². The van der Waals surface area contributed by atoms with Crippen LogP contribution in [0.5, 0.6) is 5.75 Å². The number of alkyl halides is 2. The summed E-state index contributed by atoms with van der Waals surface area (Å²) in [5.41, 5.74) is -0.212. The monoisotopic (exact) mass is 799 g/mol. The minimum atomic E-state index is -3.34. The van der Waals surface area contributed by atoms with Gasteiger partial charge in [0, 0.05) is 23.7 Å².